The van der Waals surface area contributed by atoms with Gasteiger partial charge in [0, 0.05) is 64.9 Å². The summed E-state index contributed by atoms with van der Waals surface area (Å²) in [5.74, 6) is 1.61. The molecule has 12 heteroatoms. The summed E-state index contributed by atoms with van der Waals surface area (Å²) in [6.45, 7) is 16.0. The molecule has 1 amide bonds. The lowest BCUT2D eigenvalue weighted by atomic mass is 9.84. The van der Waals surface area contributed by atoms with Crippen molar-refractivity contribution in [1.82, 2.24) is 28.8 Å². The Morgan fingerprint density at radius 1 is 0.774 bits per heavy atom. The summed E-state index contributed by atoms with van der Waals surface area (Å²) in [5, 5.41) is 0. The quantitative estimate of drug-likeness (QED) is 0.275. The zero-order valence-electron chi connectivity index (χ0n) is 34.7. The third kappa shape index (κ3) is 12.9. The van der Waals surface area contributed by atoms with Crippen molar-refractivity contribution in [1.29, 1.82) is 0 Å². The van der Waals surface area contributed by atoms with Crippen molar-refractivity contribution in [2.75, 3.05) is 107 Å². The largest absolute Gasteiger partial charge is 0.497 e. The molecule has 0 aromatic heterocycles. The number of nitrogens with zero attached hydrogens (tertiary/aromatic N) is 6. The number of hydrogen-bond donors (Lipinski definition) is 0. The first kappa shape index (κ1) is 43.9. The highest BCUT2D eigenvalue weighted by Gasteiger charge is 2.31. The van der Waals surface area contributed by atoms with Crippen LogP contribution in [0.5, 0.6) is 5.75 Å². The van der Waals surface area contributed by atoms with Gasteiger partial charge in [-0.25, -0.2) is 8.42 Å². The number of aryl methyl sites for hydroxylation is 2. The predicted octanol–water partition coefficient (Wildman–Crippen LogP) is 4.95. The van der Waals surface area contributed by atoms with E-state index in [9.17, 15) is 13.2 Å². The molecular formula is C41H74N6O5S. The molecule has 53 heavy (non-hydrogen) atoms. The first-order valence-corrected chi connectivity index (χ1v) is 22.1. The Morgan fingerprint density at radius 3 is 1.77 bits per heavy atom. The van der Waals surface area contributed by atoms with Gasteiger partial charge < -0.3 is 24.2 Å². The molecule has 2 heterocycles. The number of carbonyl (C=O) groups is 1. The van der Waals surface area contributed by atoms with Crippen LogP contribution in [0.25, 0.3) is 0 Å². The first-order valence-electron chi connectivity index (χ1n) is 20.6. The second kappa shape index (κ2) is 21.5. The van der Waals surface area contributed by atoms with E-state index < -0.39 is 10.0 Å². The van der Waals surface area contributed by atoms with Gasteiger partial charge in [-0.1, -0.05) is 13.3 Å². The Bertz CT molecular complexity index is 1340. The molecule has 0 radical (unpaired) electrons. The lowest BCUT2D eigenvalue weighted by Gasteiger charge is -2.39. The molecule has 2 saturated heterocycles. The monoisotopic (exact) mass is 763 g/mol. The van der Waals surface area contributed by atoms with Gasteiger partial charge in [0.1, 0.15) is 12.4 Å². The Kier molecular flexibility index (Phi) is 17.8. The molecule has 4 aliphatic rings. The predicted molar refractivity (Wildman–Crippen MR) is 215 cm³/mol. The van der Waals surface area contributed by atoms with Gasteiger partial charge >= 0.3 is 0 Å². The zero-order valence-corrected chi connectivity index (χ0v) is 35.5. The summed E-state index contributed by atoms with van der Waals surface area (Å²) < 4.78 is 38.4. The van der Waals surface area contributed by atoms with Gasteiger partial charge in [0.2, 0.25) is 15.9 Å². The number of likely N-dealkylation sites (N-methyl/N-ethyl adjacent to an activating group) is 4. The topological polar surface area (TPSA) is 89.1 Å². The second-order valence-corrected chi connectivity index (χ2v) is 18.4. The van der Waals surface area contributed by atoms with Crippen LogP contribution < -0.4 is 4.74 Å². The second-order valence-electron chi connectivity index (χ2n) is 16.4. The van der Waals surface area contributed by atoms with Gasteiger partial charge in [-0.15, -0.1) is 0 Å². The third-order valence-corrected chi connectivity index (χ3v) is 14.8. The van der Waals surface area contributed by atoms with Gasteiger partial charge in [-0.05, 0) is 148 Å². The maximum absolute atomic E-state index is 13.1. The van der Waals surface area contributed by atoms with E-state index in [2.05, 4.69) is 40.6 Å². The molecule has 304 valence electrons. The maximum Gasteiger partial charge on any atom is 0.248 e. The molecule has 0 unspecified atom stereocenters. The van der Waals surface area contributed by atoms with Crippen molar-refractivity contribution in [3.05, 3.63) is 23.3 Å². The van der Waals surface area contributed by atoms with Crippen molar-refractivity contribution in [3.8, 4) is 5.75 Å². The summed E-state index contributed by atoms with van der Waals surface area (Å²) in [7, 11) is 5.74. The van der Waals surface area contributed by atoms with E-state index in [-0.39, 0.29) is 36.6 Å². The number of methoxy groups -OCH3 is 1. The molecule has 0 spiro atoms. The number of benzene rings is 1. The Labute approximate surface area is 323 Å². The SMILES string of the molecule is CCC1CCC(N2CCCN(C)CC2)CC1.COc1cc(C)c(S(=O)(=O)N(C)CCOCC(=O)N(C)C2CCC(N3CCCN(C)CC3)CC2)c(C)c1. The van der Waals surface area contributed by atoms with Crippen LogP contribution in [-0.2, 0) is 19.6 Å². The fraction of sp³-hybridized carbons (Fsp3) is 0.829. The fourth-order valence-corrected chi connectivity index (χ4v) is 10.5. The molecule has 0 bridgehead atoms. The van der Waals surface area contributed by atoms with Crippen molar-refractivity contribution >= 4 is 15.9 Å². The maximum atomic E-state index is 13.1. The molecule has 2 saturated carbocycles. The smallest absolute Gasteiger partial charge is 0.248 e. The zero-order chi connectivity index (χ0) is 38.5. The number of carbonyl (C=O) groups excluding carboxylic acids is 1. The van der Waals surface area contributed by atoms with Gasteiger partial charge in [-0.3, -0.25) is 14.6 Å². The molecule has 4 fully saturated rings. The van der Waals surface area contributed by atoms with Crippen LogP contribution in [0.3, 0.4) is 0 Å². The van der Waals surface area contributed by atoms with Crippen LogP contribution in [0.15, 0.2) is 17.0 Å². The third-order valence-electron chi connectivity index (χ3n) is 12.7. The number of ether oxygens (including phenoxy) is 2. The van der Waals surface area contributed by atoms with Crippen molar-refractivity contribution in [2.24, 2.45) is 5.92 Å². The Balaban J connectivity index is 0.000000324. The summed E-state index contributed by atoms with van der Waals surface area (Å²) >= 11 is 0. The molecule has 0 N–H and O–H groups in total. The number of sulfonamides is 1. The molecule has 1 aromatic rings. The molecule has 1 aromatic carbocycles. The van der Waals surface area contributed by atoms with Crippen molar-refractivity contribution in [2.45, 2.75) is 114 Å². The highest BCUT2D eigenvalue weighted by molar-refractivity contribution is 7.89. The van der Waals surface area contributed by atoms with Gasteiger partial charge in [0.15, 0.2) is 0 Å². The Morgan fingerprint density at radius 2 is 1.28 bits per heavy atom. The molecule has 5 rings (SSSR count). The van der Waals surface area contributed by atoms with Crippen LogP contribution in [0.1, 0.15) is 88.7 Å². The normalized spacial score (nSPS) is 26.0. The summed E-state index contributed by atoms with van der Waals surface area (Å²) in [4.78, 5) is 25.2. The van der Waals surface area contributed by atoms with E-state index in [1.807, 2.05) is 11.9 Å². The van der Waals surface area contributed by atoms with E-state index in [1.54, 1.807) is 33.1 Å². The van der Waals surface area contributed by atoms with Crippen LogP contribution >= 0.6 is 0 Å². The average molecular weight is 763 g/mol. The number of rotatable bonds is 12. The summed E-state index contributed by atoms with van der Waals surface area (Å²) in [5.41, 5.74) is 1.28. The van der Waals surface area contributed by atoms with Crippen LogP contribution in [0.4, 0.5) is 0 Å². The minimum absolute atomic E-state index is 0.0383. The Hall–Kier alpha value is -1.80. The van der Waals surface area contributed by atoms with Crippen LogP contribution in [-0.4, -0.2) is 169 Å². The van der Waals surface area contributed by atoms with Gasteiger partial charge in [0.25, 0.3) is 0 Å². The molecular weight excluding hydrogens is 689 g/mol. The lowest BCUT2D eigenvalue weighted by molar-refractivity contribution is -0.137. The number of hydrogen-bond acceptors (Lipinski definition) is 9. The van der Waals surface area contributed by atoms with E-state index >= 15 is 0 Å². The van der Waals surface area contributed by atoms with E-state index in [4.69, 9.17) is 9.47 Å². The van der Waals surface area contributed by atoms with E-state index in [1.165, 1.54) is 95.6 Å². The van der Waals surface area contributed by atoms with Gasteiger partial charge in [0.05, 0.1) is 18.6 Å². The van der Waals surface area contributed by atoms with Crippen LogP contribution in [0, 0.1) is 19.8 Å². The average Bonchev–Trinajstić information content (AvgIpc) is 3.52. The molecule has 0 atom stereocenters. The molecule has 2 aliphatic carbocycles. The highest BCUT2D eigenvalue weighted by atomic mass is 32.2. The van der Waals surface area contributed by atoms with E-state index in [0.717, 1.165) is 50.7 Å². The van der Waals surface area contributed by atoms with Crippen molar-refractivity contribution in [3.63, 3.8) is 0 Å². The van der Waals surface area contributed by atoms with Crippen LogP contribution in [0.2, 0.25) is 0 Å². The standard InChI is InChI=1S/C27H46N4O5S.C14H28N2/c1-21-18-25(35-6)19-22(2)27(21)37(33,34)29(4)16-17-36-20-26(32)30(5)23-8-10-24(11-9-23)31-13-7-12-28(3)14-15-31;1-3-13-5-7-14(8-6-13)16-10-4-9-15(2)11-12-16/h18-19,23-24H,7-17,20H2,1-6H3;13-14H,3-12H2,1-2H3. The van der Waals surface area contributed by atoms with E-state index in [0.29, 0.717) is 22.9 Å². The highest BCUT2D eigenvalue weighted by Crippen LogP contribution is 2.31. The first-order chi connectivity index (χ1) is 25.3. The molecule has 2 aliphatic heterocycles. The van der Waals surface area contributed by atoms with Crippen molar-refractivity contribution < 1.29 is 22.7 Å². The fourth-order valence-electron chi connectivity index (χ4n) is 8.96. The summed E-state index contributed by atoms with van der Waals surface area (Å²) in [6.07, 6.45) is 14.1. The minimum Gasteiger partial charge on any atom is -0.497 e. The summed E-state index contributed by atoms with van der Waals surface area (Å²) in [6, 6.07) is 5.22. The number of amides is 1. The lowest BCUT2D eigenvalue weighted by Crippen LogP contribution is -2.46. The van der Waals surface area contributed by atoms with Gasteiger partial charge in [-0.2, -0.15) is 4.31 Å². The minimum atomic E-state index is -3.68. The molecule has 11 nitrogen and oxygen atoms in total.